The number of nitrogens with zero attached hydrogens (tertiary/aromatic N) is 2. The number of hydrogen-bond acceptors (Lipinski definition) is 3. The molecule has 0 rings (SSSR count). The van der Waals surface area contributed by atoms with Crippen molar-refractivity contribution in [2.24, 2.45) is 0 Å². The molecule has 4 heteroatoms. The second-order valence-electron chi connectivity index (χ2n) is 3.06. The van der Waals surface area contributed by atoms with Gasteiger partial charge in [0.1, 0.15) is 0 Å². The van der Waals surface area contributed by atoms with E-state index < -0.39 is 0 Å². The summed E-state index contributed by atoms with van der Waals surface area (Å²) in [5, 5.41) is 8.41. The summed E-state index contributed by atoms with van der Waals surface area (Å²) in [6.07, 6.45) is 0.850. The molecule has 0 aromatic heterocycles. The maximum absolute atomic E-state index is 11.5. The molecule has 0 aromatic carbocycles. The molecule has 1 amide bonds. The Kier molecular flexibility index (Phi) is 6.43. The molecule has 13 heavy (non-hydrogen) atoms. The van der Waals surface area contributed by atoms with E-state index in [1.165, 1.54) is 0 Å². The topological polar surface area (TPSA) is 44.1 Å². The highest BCUT2D eigenvalue weighted by Gasteiger charge is 2.14. The second kappa shape index (κ2) is 6.79. The highest BCUT2D eigenvalue weighted by molar-refractivity contribution is 7.80. The third-order valence-corrected chi connectivity index (χ3v) is 1.96. The molecule has 0 unspecified atom stereocenters. The maximum atomic E-state index is 11.5. The van der Waals surface area contributed by atoms with Crippen molar-refractivity contribution >= 4 is 18.5 Å². The first kappa shape index (κ1) is 12.3. The number of rotatable bonds is 5. The van der Waals surface area contributed by atoms with Crippen LogP contribution < -0.4 is 0 Å². The lowest BCUT2D eigenvalue weighted by molar-refractivity contribution is -0.132. The fourth-order valence-electron chi connectivity index (χ4n) is 1.08. The van der Waals surface area contributed by atoms with E-state index in [2.05, 4.69) is 12.6 Å². The van der Waals surface area contributed by atoms with E-state index in [-0.39, 0.29) is 11.9 Å². The second-order valence-corrected chi connectivity index (χ2v) is 3.51. The van der Waals surface area contributed by atoms with Crippen LogP contribution in [0.15, 0.2) is 0 Å². The van der Waals surface area contributed by atoms with Crippen LogP contribution in [0.2, 0.25) is 0 Å². The summed E-state index contributed by atoms with van der Waals surface area (Å²) in [5.41, 5.74) is 0. The first-order valence-corrected chi connectivity index (χ1v) is 5.04. The Morgan fingerprint density at radius 1 is 1.62 bits per heavy atom. The quantitative estimate of drug-likeness (QED) is 0.683. The first-order valence-electron chi connectivity index (χ1n) is 4.40. The Morgan fingerprint density at radius 3 is 2.62 bits per heavy atom. The number of carbonyl (C=O) groups is 1. The lowest BCUT2D eigenvalue weighted by Crippen LogP contribution is -2.37. The third kappa shape index (κ3) is 4.79. The zero-order valence-corrected chi connectivity index (χ0v) is 9.05. The van der Waals surface area contributed by atoms with Gasteiger partial charge in [-0.15, -0.1) is 0 Å². The largest absolute Gasteiger partial charge is 0.339 e. The highest BCUT2D eigenvalue weighted by Crippen LogP contribution is 2.03. The van der Waals surface area contributed by atoms with Gasteiger partial charge in [0.05, 0.1) is 12.5 Å². The first-order chi connectivity index (χ1) is 6.13. The van der Waals surface area contributed by atoms with Crippen molar-refractivity contribution in [3.63, 3.8) is 0 Å². The summed E-state index contributed by atoms with van der Waals surface area (Å²) in [6.45, 7) is 4.43. The van der Waals surface area contributed by atoms with E-state index in [1.54, 1.807) is 4.90 Å². The van der Waals surface area contributed by atoms with Gasteiger partial charge >= 0.3 is 0 Å². The SMILES string of the molecule is CC(C)N(CCC#N)C(=O)CCS. The Bertz CT molecular complexity index is 198. The summed E-state index contributed by atoms with van der Waals surface area (Å²) in [6, 6.07) is 2.20. The maximum Gasteiger partial charge on any atom is 0.223 e. The van der Waals surface area contributed by atoms with Gasteiger partial charge in [-0.3, -0.25) is 4.79 Å². The van der Waals surface area contributed by atoms with Crippen molar-refractivity contribution in [3.05, 3.63) is 0 Å². The molecule has 0 radical (unpaired) electrons. The molecule has 0 saturated carbocycles. The lowest BCUT2D eigenvalue weighted by Gasteiger charge is -2.25. The van der Waals surface area contributed by atoms with E-state index in [1.807, 2.05) is 19.9 Å². The molecule has 0 atom stereocenters. The molecule has 0 aliphatic rings. The molecule has 0 aliphatic carbocycles. The van der Waals surface area contributed by atoms with E-state index in [0.29, 0.717) is 25.1 Å². The number of thiol groups is 1. The van der Waals surface area contributed by atoms with Gasteiger partial charge in [0.2, 0.25) is 5.91 Å². The number of hydrogen-bond donors (Lipinski definition) is 1. The number of nitriles is 1. The monoisotopic (exact) mass is 200 g/mol. The Morgan fingerprint density at radius 2 is 2.23 bits per heavy atom. The van der Waals surface area contributed by atoms with Crippen LogP contribution >= 0.6 is 12.6 Å². The molecule has 0 bridgehead atoms. The van der Waals surface area contributed by atoms with Crippen LogP contribution in [0.4, 0.5) is 0 Å². The van der Waals surface area contributed by atoms with Gasteiger partial charge < -0.3 is 4.90 Å². The van der Waals surface area contributed by atoms with Crippen LogP contribution in [0.3, 0.4) is 0 Å². The zero-order valence-electron chi connectivity index (χ0n) is 8.16. The minimum absolute atomic E-state index is 0.0836. The van der Waals surface area contributed by atoms with Crippen molar-refractivity contribution in [1.82, 2.24) is 4.90 Å². The van der Waals surface area contributed by atoms with E-state index >= 15 is 0 Å². The fraction of sp³-hybridized carbons (Fsp3) is 0.778. The third-order valence-electron chi connectivity index (χ3n) is 1.73. The van der Waals surface area contributed by atoms with E-state index in [9.17, 15) is 4.79 Å². The molecule has 0 N–H and O–H groups in total. The fourth-order valence-corrected chi connectivity index (χ4v) is 1.27. The molecule has 3 nitrogen and oxygen atoms in total. The van der Waals surface area contributed by atoms with Crippen LogP contribution in [0.25, 0.3) is 0 Å². The highest BCUT2D eigenvalue weighted by atomic mass is 32.1. The molecular formula is C9H16N2OS. The molecule has 74 valence electrons. The zero-order chi connectivity index (χ0) is 10.3. The molecule has 0 aromatic rings. The molecule has 0 aliphatic heterocycles. The summed E-state index contributed by atoms with van der Waals surface area (Å²) in [4.78, 5) is 13.2. The average Bonchev–Trinajstić information content (AvgIpc) is 2.05. The van der Waals surface area contributed by atoms with Crippen molar-refractivity contribution in [1.29, 1.82) is 5.26 Å². The van der Waals surface area contributed by atoms with Gasteiger partial charge in [0.25, 0.3) is 0 Å². The van der Waals surface area contributed by atoms with Gasteiger partial charge in [-0.25, -0.2) is 0 Å². The van der Waals surface area contributed by atoms with Crippen molar-refractivity contribution in [3.8, 4) is 6.07 Å². The summed E-state index contributed by atoms with van der Waals surface area (Å²) in [7, 11) is 0. The van der Waals surface area contributed by atoms with E-state index in [0.717, 1.165) is 0 Å². The van der Waals surface area contributed by atoms with Crippen molar-refractivity contribution < 1.29 is 4.79 Å². The predicted octanol–water partition coefficient (Wildman–Crippen LogP) is 1.46. The van der Waals surface area contributed by atoms with E-state index in [4.69, 9.17) is 5.26 Å². The molecule has 0 heterocycles. The van der Waals surface area contributed by atoms with Gasteiger partial charge in [0.15, 0.2) is 0 Å². The molecule has 0 fully saturated rings. The van der Waals surface area contributed by atoms with Crippen molar-refractivity contribution in [2.75, 3.05) is 12.3 Å². The van der Waals surface area contributed by atoms with Crippen LogP contribution in [0.5, 0.6) is 0 Å². The van der Waals surface area contributed by atoms with Crippen molar-refractivity contribution in [2.45, 2.75) is 32.7 Å². The summed E-state index contributed by atoms with van der Waals surface area (Å²) < 4.78 is 0. The van der Waals surface area contributed by atoms with Gasteiger partial charge in [-0.2, -0.15) is 17.9 Å². The van der Waals surface area contributed by atoms with Crippen LogP contribution in [-0.2, 0) is 4.79 Å². The van der Waals surface area contributed by atoms with Gasteiger partial charge in [-0.05, 0) is 19.6 Å². The smallest absolute Gasteiger partial charge is 0.223 e. The van der Waals surface area contributed by atoms with Crippen LogP contribution in [0, 0.1) is 11.3 Å². The Hall–Kier alpha value is -0.690. The predicted molar refractivity (Wildman–Crippen MR) is 55.5 cm³/mol. The Labute approximate surface area is 85.1 Å². The summed E-state index contributed by atoms with van der Waals surface area (Å²) >= 11 is 4.00. The lowest BCUT2D eigenvalue weighted by atomic mass is 10.2. The molecule has 0 saturated heterocycles. The average molecular weight is 200 g/mol. The van der Waals surface area contributed by atoms with Crippen LogP contribution in [0.1, 0.15) is 26.7 Å². The Balaban J connectivity index is 4.09. The standard InChI is InChI=1S/C9H16N2OS/c1-8(2)11(6-3-5-10)9(12)4-7-13/h8,13H,3-4,6-7H2,1-2H3. The number of carbonyl (C=O) groups excluding carboxylic acids is 1. The minimum atomic E-state index is 0.0836. The molecule has 0 spiro atoms. The van der Waals surface area contributed by atoms with Gasteiger partial charge in [0, 0.05) is 19.0 Å². The van der Waals surface area contributed by atoms with Crippen LogP contribution in [-0.4, -0.2) is 29.1 Å². The minimum Gasteiger partial charge on any atom is -0.339 e. The number of amides is 1. The van der Waals surface area contributed by atoms with Gasteiger partial charge in [-0.1, -0.05) is 0 Å². The summed E-state index contributed by atoms with van der Waals surface area (Å²) in [5.74, 6) is 0.648. The normalized spacial score (nSPS) is 9.77. The molecular weight excluding hydrogens is 184 g/mol.